The Morgan fingerprint density at radius 1 is 1.73 bits per heavy atom. The quantitative estimate of drug-likeness (QED) is 0.645. The van der Waals surface area contributed by atoms with E-state index in [0.717, 1.165) is 5.69 Å². The van der Waals surface area contributed by atoms with E-state index in [1.807, 2.05) is 6.92 Å². The molecule has 1 aromatic heterocycles. The number of hydrogen-bond acceptors (Lipinski definition) is 3. The first-order valence-corrected chi connectivity index (χ1v) is 4.70. The molecule has 0 bridgehead atoms. The van der Waals surface area contributed by atoms with Crippen molar-refractivity contribution in [3.63, 3.8) is 0 Å². The minimum atomic E-state index is -0.0220. The molecule has 1 fully saturated rings. The van der Waals surface area contributed by atoms with Gasteiger partial charge in [0.2, 0.25) is 5.91 Å². The summed E-state index contributed by atoms with van der Waals surface area (Å²) in [5.74, 6) is 2.92. The number of nitrogens with one attached hydrogen (secondary N) is 1. The molecule has 1 atom stereocenters. The van der Waals surface area contributed by atoms with Gasteiger partial charge < -0.3 is 10.6 Å². The van der Waals surface area contributed by atoms with Gasteiger partial charge in [0.05, 0.1) is 5.69 Å². The highest BCUT2D eigenvalue weighted by atomic mass is 16.2. The Morgan fingerprint density at radius 3 is 2.93 bits per heavy atom. The van der Waals surface area contributed by atoms with E-state index >= 15 is 0 Å². The number of nitrogens with zero attached hydrogens (tertiary/aromatic N) is 2. The first-order chi connectivity index (χ1) is 7.13. The molecule has 5 heteroatoms. The fourth-order valence-corrected chi connectivity index (χ4v) is 1.82. The molecule has 0 radical (unpaired) electrons. The van der Waals surface area contributed by atoms with Crippen LogP contribution in [0.5, 0.6) is 0 Å². The Kier molecular flexibility index (Phi) is 2.12. The number of aromatic amines is 1. The van der Waals surface area contributed by atoms with Gasteiger partial charge in [-0.1, -0.05) is 0 Å². The highest BCUT2D eigenvalue weighted by molar-refractivity contribution is 5.98. The summed E-state index contributed by atoms with van der Waals surface area (Å²) >= 11 is 0. The summed E-state index contributed by atoms with van der Waals surface area (Å²) in [5, 5.41) is 6.60. The molecule has 15 heavy (non-hydrogen) atoms. The number of nitrogen functional groups attached to an aromatic ring is 1. The minimum Gasteiger partial charge on any atom is -0.380 e. The van der Waals surface area contributed by atoms with Crippen molar-refractivity contribution in [2.24, 2.45) is 5.92 Å². The van der Waals surface area contributed by atoms with Gasteiger partial charge in [-0.2, -0.15) is 5.10 Å². The van der Waals surface area contributed by atoms with E-state index in [1.54, 1.807) is 4.90 Å². The Morgan fingerprint density at radius 2 is 2.47 bits per heavy atom. The van der Waals surface area contributed by atoms with Crippen molar-refractivity contribution in [3.05, 3.63) is 5.69 Å². The van der Waals surface area contributed by atoms with Crippen LogP contribution in [0, 0.1) is 25.2 Å². The average Bonchev–Trinajstić information content (AvgIpc) is 2.71. The van der Waals surface area contributed by atoms with E-state index in [-0.39, 0.29) is 11.8 Å². The first kappa shape index (κ1) is 9.59. The predicted molar refractivity (Wildman–Crippen MR) is 57.0 cm³/mol. The van der Waals surface area contributed by atoms with E-state index in [2.05, 4.69) is 16.1 Å². The van der Waals surface area contributed by atoms with E-state index in [1.165, 1.54) is 0 Å². The number of amides is 1. The molecule has 1 saturated heterocycles. The molecule has 0 aliphatic carbocycles. The monoisotopic (exact) mass is 204 g/mol. The summed E-state index contributed by atoms with van der Waals surface area (Å²) in [6, 6.07) is 0. The average molecular weight is 204 g/mol. The normalized spacial score (nSPS) is 20.7. The van der Waals surface area contributed by atoms with Gasteiger partial charge in [-0.05, 0) is 6.92 Å². The summed E-state index contributed by atoms with van der Waals surface area (Å²) in [7, 11) is 0. The van der Waals surface area contributed by atoms with E-state index in [4.69, 9.17) is 12.2 Å². The fraction of sp³-hybridized carbons (Fsp3) is 0.400. The van der Waals surface area contributed by atoms with Crippen molar-refractivity contribution >= 4 is 17.4 Å². The van der Waals surface area contributed by atoms with E-state index in [9.17, 15) is 4.79 Å². The standard InChI is InChI=1S/C10H12N4O/c1-3-7-4-8(15)14(5-7)9-6(2)12-13-10(9)11/h1,7H,4-5H2,2H3,(H3,11,12,13). The van der Waals surface area contributed by atoms with Crippen molar-refractivity contribution in [2.75, 3.05) is 17.2 Å². The minimum absolute atomic E-state index is 0.00847. The van der Waals surface area contributed by atoms with Crippen LogP contribution < -0.4 is 10.6 Å². The summed E-state index contributed by atoms with van der Waals surface area (Å²) in [6.45, 7) is 2.36. The number of terminal acetylenes is 1. The molecule has 2 heterocycles. The molecular formula is C10H12N4O. The van der Waals surface area contributed by atoms with Crippen LogP contribution in [0.4, 0.5) is 11.5 Å². The second kappa shape index (κ2) is 3.31. The highest BCUT2D eigenvalue weighted by Gasteiger charge is 2.32. The van der Waals surface area contributed by atoms with Crippen molar-refractivity contribution in [2.45, 2.75) is 13.3 Å². The molecule has 78 valence electrons. The molecule has 2 rings (SSSR count). The van der Waals surface area contributed by atoms with Crippen LogP contribution >= 0.6 is 0 Å². The van der Waals surface area contributed by atoms with Crippen LogP contribution in [0.1, 0.15) is 12.1 Å². The predicted octanol–water partition coefficient (Wildman–Crippen LogP) is 0.286. The molecule has 1 aliphatic rings. The zero-order valence-corrected chi connectivity index (χ0v) is 8.45. The maximum Gasteiger partial charge on any atom is 0.228 e. The Hall–Kier alpha value is -1.96. The third kappa shape index (κ3) is 1.44. The van der Waals surface area contributed by atoms with Gasteiger partial charge in [0.15, 0.2) is 5.82 Å². The molecular weight excluding hydrogens is 192 g/mol. The molecule has 0 spiro atoms. The smallest absolute Gasteiger partial charge is 0.228 e. The van der Waals surface area contributed by atoms with Gasteiger partial charge in [0.1, 0.15) is 5.69 Å². The number of H-pyrrole nitrogens is 1. The third-order valence-corrected chi connectivity index (χ3v) is 2.57. The van der Waals surface area contributed by atoms with Crippen molar-refractivity contribution < 1.29 is 4.79 Å². The lowest BCUT2D eigenvalue weighted by molar-refractivity contribution is -0.117. The lowest BCUT2D eigenvalue weighted by Gasteiger charge is -2.15. The Bertz CT molecular complexity index is 423. The van der Waals surface area contributed by atoms with Crippen LogP contribution in [0.2, 0.25) is 0 Å². The van der Waals surface area contributed by atoms with Gasteiger partial charge in [-0.3, -0.25) is 9.89 Å². The Labute approximate surface area is 87.6 Å². The molecule has 1 amide bonds. The lowest BCUT2D eigenvalue weighted by atomic mass is 10.1. The van der Waals surface area contributed by atoms with Crippen molar-refractivity contribution in [3.8, 4) is 12.3 Å². The third-order valence-electron chi connectivity index (χ3n) is 2.57. The molecule has 3 N–H and O–H groups in total. The van der Waals surface area contributed by atoms with Crippen molar-refractivity contribution in [1.29, 1.82) is 0 Å². The largest absolute Gasteiger partial charge is 0.380 e. The summed E-state index contributed by atoms with van der Waals surface area (Å²) in [6.07, 6.45) is 5.69. The maximum absolute atomic E-state index is 11.7. The van der Waals surface area contributed by atoms with Gasteiger partial charge in [0, 0.05) is 18.9 Å². The number of anilines is 2. The number of aromatic nitrogens is 2. The number of nitrogens with two attached hydrogens (primary N) is 1. The molecule has 0 saturated carbocycles. The van der Waals surface area contributed by atoms with Crippen LogP contribution in [0.25, 0.3) is 0 Å². The van der Waals surface area contributed by atoms with Gasteiger partial charge >= 0.3 is 0 Å². The Balaban J connectivity index is 2.34. The number of rotatable bonds is 1. The topological polar surface area (TPSA) is 75.0 Å². The number of carbonyl (C=O) groups excluding carboxylic acids is 1. The van der Waals surface area contributed by atoms with Crippen LogP contribution in [-0.2, 0) is 4.79 Å². The SMILES string of the molecule is C#CC1CC(=O)N(c2c(N)n[nH]c2C)C1. The van der Waals surface area contributed by atoms with Crippen LogP contribution in [0.3, 0.4) is 0 Å². The number of hydrogen-bond donors (Lipinski definition) is 2. The maximum atomic E-state index is 11.7. The molecule has 1 unspecified atom stereocenters. The van der Waals surface area contributed by atoms with E-state index in [0.29, 0.717) is 24.5 Å². The molecule has 0 aromatic carbocycles. The van der Waals surface area contributed by atoms with Crippen LogP contribution in [0.15, 0.2) is 0 Å². The number of carbonyl (C=O) groups is 1. The summed E-state index contributed by atoms with van der Waals surface area (Å²) < 4.78 is 0. The second-order valence-electron chi connectivity index (χ2n) is 3.65. The van der Waals surface area contributed by atoms with Crippen molar-refractivity contribution in [1.82, 2.24) is 10.2 Å². The molecule has 1 aromatic rings. The molecule has 5 nitrogen and oxygen atoms in total. The van der Waals surface area contributed by atoms with Gasteiger partial charge in [-0.15, -0.1) is 12.3 Å². The zero-order valence-electron chi connectivity index (χ0n) is 8.45. The second-order valence-corrected chi connectivity index (χ2v) is 3.65. The van der Waals surface area contributed by atoms with Gasteiger partial charge in [-0.25, -0.2) is 0 Å². The fourth-order valence-electron chi connectivity index (χ4n) is 1.82. The van der Waals surface area contributed by atoms with Gasteiger partial charge in [0.25, 0.3) is 0 Å². The highest BCUT2D eigenvalue weighted by Crippen LogP contribution is 2.30. The lowest BCUT2D eigenvalue weighted by Crippen LogP contribution is -2.25. The number of aryl methyl sites for hydroxylation is 1. The summed E-state index contributed by atoms with van der Waals surface area (Å²) in [5.41, 5.74) is 7.14. The van der Waals surface area contributed by atoms with Crippen LogP contribution in [-0.4, -0.2) is 22.6 Å². The summed E-state index contributed by atoms with van der Waals surface area (Å²) in [4.78, 5) is 13.3. The molecule has 1 aliphatic heterocycles. The zero-order chi connectivity index (χ0) is 11.0. The first-order valence-electron chi connectivity index (χ1n) is 4.70. The van der Waals surface area contributed by atoms with E-state index < -0.39 is 0 Å².